The third-order valence-corrected chi connectivity index (χ3v) is 5.85. The molecule has 1 amide bonds. The molecule has 1 heterocycles. The summed E-state index contributed by atoms with van der Waals surface area (Å²) in [7, 11) is 0. The van der Waals surface area contributed by atoms with Crippen LogP contribution in [-0.4, -0.2) is 23.4 Å². The molecule has 0 N–H and O–H groups in total. The van der Waals surface area contributed by atoms with E-state index < -0.39 is 0 Å². The van der Waals surface area contributed by atoms with E-state index in [0.717, 1.165) is 33.4 Å². The van der Waals surface area contributed by atoms with Crippen LogP contribution < -0.4 is 0 Å². The van der Waals surface area contributed by atoms with Gasteiger partial charge >= 0.3 is 0 Å². The van der Waals surface area contributed by atoms with Gasteiger partial charge in [0.1, 0.15) is 0 Å². The van der Waals surface area contributed by atoms with Gasteiger partial charge in [0, 0.05) is 21.5 Å². The van der Waals surface area contributed by atoms with Crippen molar-refractivity contribution in [1.29, 1.82) is 0 Å². The lowest BCUT2D eigenvalue weighted by Gasteiger charge is -2.29. The van der Waals surface area contributed by atoms with E-state index in [-0.39, 0.29) is 5.91 Å². The quantitative estimate of drug-likeness (QED) is 0.683. The van der Waals surface area contributed by atoms with Gasteiger partial charge in [-0.25, -0.2) is 0 Å². The fourth-order valence-electron chi connectivity index (χ4n) is 3.69. The number of amides is 1. The lowest BCUT2D eigenvalue weighted by atomic mass is 9.95. The monoisotopic (exact) mass is 399 g/mol. The lowest BCUT2D eigenvalue weighted by Crippen LogP contribution is -2.39. The van der Waals surface area contributed by atoms with Crippen LogP contribution in [0.4, 0.5) is 0 Å². The second-order valence-electron chi connectivity index (χ2n) is 5.88. The number of halogens is 2. The molecule has 4 heteroatoms. The van der Waals surface area contributed by atoms with Gasteiger partial charge in [0.25, 0.3) is 5.91 Å². The molecule has 0 aromatic heterocycles. The van der Waals surface area contributed by atoms with Crippen LogP contribution >= 0.6 is 31.9 Å². The SMILES string of the molecule is O=C(c1cc(Br)ccc1Br)N1CCCC1C1CCCC1. The van der Waals surface area contributed by atoms with E-state index in [1.165, 1.54) is 32.1 Å². The highest BCUT2D eigenvalue weighted by Gasteiger charge is 2.36. The molecular formula is C16H19Br2NO. The Morgan fingerprint density at radius 3 is 2.60 bits per heavy atom. The third-order valence-electron chi connectivity index (χ3n) is 4.66. The summed E-state index contributed by atoms with van der Waals surface area (Å²) in [6.45, 7) is 0.916. The minimum Gasteiger partial charge on any atom is -0.335 e. The van der Waals surface area contributed by atoms with Crippen LogP contribution in [-0.2, 0) is 0 Å². The molecule has 0 bridgehead atoms. The molecule has 20 heavy (non-hydrogen) atoms. The van der Waals surface area contributed by atoms with Crippen molar-refractivity contribution in [3.8, 4) is 0 Å². The minimum absolute atomic E-state index is 0.188. The van der Waals surface area contributed by atoms with E-state index >= 15 is 0 Å². The summed E-state index contributed by atoms with van der Waals surface area (Å²) in [6.07, 6.45) is 7.61. The van der Waals surface area contributed by atoms with Gasteiger partial charge in [0.2, 0.25) is 0 Å². The molecule has 1 aromatic rings. The summed E-state index contributed by atoms with van der Waals surface area (Å²) >= 11 is 6.98. The first-order valence-electron chi connectivity index (χ1n) is 7.43. The highest BCUT2D eigenvalue weighted by atomic mass is 79.9. The predicted octanol–water partition coefficient (Wildman–Crippen LogP) is 5.01. The Labute approximate surface area is 137 Å². The van der Waals surface area contributed by atoms with Gasteiger partial charge in [-0.05, 0) is 65.7 Å². The topological polar surface area (TPSA) is 20.3 Å². The first-order chi connectivity index (χ1) is 9.66. The zero-order chi connectivity index (χ0) is 14.1. The number of benzene rings is 1. The maximum absolute atomic E-state index is 12.9. The number of hydrogen-bond acceptors (Lipinski definition) is 1. The van der Waals surface area contributed by atoms with Crippen molar-refractivity contribution in [1.82, 2.24) is 4.90 Å². The lowest BCUT2D eigenvalue weighted by molar-refractivity contribution is 0.0688. The zero-order valence-electron chi connectivity index (χ0n) is 11.4. The fraction of sp³-hybridized carbons (Fsp3) is 0.562. The van der Waals surface area contributed by atoms with Crippen LogP contribution in [0.15, 0.2) is 27.1 Å². The molecule has 2 aliphatic rings. The van der Waals surface area contributed by atoms with Crippen LogP contribution in [0.2, 0.25) is 0 Å². The average molecular weight is 401 g/mol. The van der Waals surface area contributed by atoms with Gasteiger partial charge < -0.3 is 4.90 Å². The zero-order valence-corrected chi connectivity index (χ0v) is 14.6. The standard InChI is InChI=1S/C16H19Br2NO/c17-12-7-8-14(18)13(10-12)16(20)19-9-3-6-15(19)11-4-1-2-5-11/h7-8,10-11,15H,1-6,9H2. The highest BCUT2D eigenvalue weighted by molar-refractivity contribution is 9.11. The van der Waals surface area contributed by atoms with Crippen molar-refractivity contribution in [2.45, 2.75) is 44.6 Å². The fourth-order valence-corrected chi connectivity index (χ4v) is 4.47. The molecule has 1 saturated heterocycles. The first kappa shape index (κ1) is 14.6. The summed E-state index contributed by atoms with van der Waals surface area (Å²) in [5.74, 6) is 0.917. The Bertz CT molecular complexity index is 511. The van der Waals surface area contributed by atoms with E-state index in [1.807, 2.05) is 18.2 Å². The van der Waals surface area contributed by atoms with Crippen LogP contribution in [0.5, 0.6) is 0 Å². The molecule has 3 rings (SSSR count). The van der Waals surface area contributed by atoms with Crippen molar-refractivity contribution in [2.75, 3.05) is 6.54 Å². The summed E-state index contributed by atoms with van der Waals surface area (Å²) in [4.78, 5) is 15.0. The van der Waals surface area contributed by atoms with Gasteiger partial charge in [-0.2, -0.15) is 0 Å². The number of carbonyl (C=O) groups is 1. The normalized spacial score (nSPS) is 23.5. The van der Waals surface area contributed by atoms with Crippen molar-refractivity contribution in [2.24, 2.45) is 5.92 Å². The molecule has 2 fully saturated rings. The van der Waals surface area contributed by atoms with E-state index in [9.17, 15) is 4.79 Å². The molecule has 0 spiro atoms. The molecule has 1 saturated carbocycles. The summed E-state index contributed by atoms with van der Waals surface area (Å²) < 4.78 is 1.85. The van der Waals surface area contributed by atoms with Crippen molar-refractivity contribution < 1.29 is 4.79 Å². The number of likely N-dealkylation sites (tertiary alicyclic amines) is 1. The summed E-state index contributed by atoms with van der Waals surface area (Å²) in [5.41, 5.74) is 0.782. The third kappa shape index (κ3) is 2.82. The second kappa shape index (κ2) is 6.18. The van der Waals surface area contributed by atoms with E-state index in [1.54, 1.807) is 0 Å². The van der Waals surface area contributed by atoms with Gasteiger partial charge in [0.15, 0.2) is 0 Å². The summed E-state index contributed by atoms with van der Waals surface area (Å²) in [6, 6.07) is 6.30. The second-order valence-corrected chi connectivity index (χ2v) is 7.65. The maximum atomic E-state index is 12.9. The Hall–Kier alpha value is -0.350. The number of carbonyl (C=O) groups excluding carboxylic acids is 1. The smallest absolute Gasteiger partial charge is 0.255 e. The van der Waals surface area contributed by atoms with Gasteiger partial charge in [-0.3, -0.25) is 4.79 Å². The molecule has 1 aliphatic heterocycles. The number of hydrogen-bond donors (Lipinski definition) is 0. The minimum atomic E-state index is 0.188. The Morgan fingerprint density at radius 1 is 1.10 bits per heavy atom. The summed E-state index contributed by atoms with van der Waals surface area (Å²) in [5, 5.41) is 0. The number of rotatable bonds is 2. The van der Waals surface area contributed by atoms with Gasteiger partial charge in [0.05, 0.1) is 5.56 Å². The van der Waals surface area contributed by atoms with Crippen LogP contribution in [0.25, 0.3) is 0 Å². The van der Waals surface area contributed by atoms with Crippen molar-refractivity contribution in [3.05, 3.63) is 32.7 Å². The van der Waals surface area contributed by atoms with Gasteiger partial charge in [-0.1, -0.05) is 28.8 Å². The van der Waals surface area contributed by atoms with Crippen LogP contribution in [0.3, 0.4) is 0 Å². The maximum Gasteiger partial charge on any atom is 0.255 e. The first-order valence-corrected chi connectivity index (χ1v) is 9.01. The molecule has 108 valence electrons. The van der Waals surface area contributed by atoms with E-state index in [0.29, 0.717) is 6.04 Å². The van der Waals surface area contributed by atoms with Crippen molar-refractivity contribution in [3.63, 3.8) is 0 Å². The Kier molecular flexibility index (Phi) is 4.51. The van der Waals surface area contributed by atoms with Crippen LogP contribution in [0.1, 0.15) is 48.9 Å². The predicted molar refractivity (Wildman–Crippen MR) is 87.9 cm³/mol. The molecule has 1 unspecified atom stereocenters. The highest BCUT2D eigenvalue weighted by Crippen LogP contribution is 2.36. The molecule has 0 radical (unpaired) electrons. The Morgan fingerprint density at radius 2 is 1.85 bits per heavy atom. The molecule has 1 aromatic carbocycles. The van der Waals surface area contributed by atoms with E-state index in [4.69, 9.17) is 0 Å². The van der Waals surface area contributed by atoms with Gasteiger partial charge in [-0.15, -0.1) is 0 Å². The van der Waals surface area contributed by atoms with Crippen LogP contribution in [0, 0.1) is 5.92 Å². The average Bonchev–Trinajstić information content (AvgIpc) is 3.10. The number of nitrogens with zero attached hydrogens (tertiary/aromatic N) is 1. The molecule has 2 nitrogen and oxygen atoms in total. The largest absolute Gasteiger partial charge is 0.335 e. The molecule has 1 aliphatic carbocycles. The van der Waals surface area contributed by atoms with E-state index in [2.05, 4.69) is 36.8 Å². The molecular weight excluding hydrogens is 382 g/mol. The Balaban J connectivity index is 1.83. The molecule has 1 atom stereocenters. The van der Waals surface area contributed by atoms with Crippen molar-refractivity contribution >= 4 is 37.8 Å².